The number of nitrogens with zero attached hydrogens (tertiary/aromatic N) is 3. The average molecular weight is 1340 g/mol. The summed E-state index contributed by atoms with van der Waals surface area (Å²) in [5.74, 6) is -0.0843. The van der Waals surface area contributed by atoms with Gasteiger partial charge in [0.25, 0.3) is 5.91 Å². The second kappa shape index (κ2) is 34.1. The molecule has 0 fully saturated rings. The molecular formula is C63H71K3N5O14S3+. The van der Waals surface area contributed by atoms with E-state index in [0.717, 1.165) is 67.1 Å². The molecule has 19 nitrogen and oxygen atoms in total. The number of rotatable bonds is 23. The van der Waals surface area contributed by atoms with E-state index in [4.69, 9.17) is 22.2 Å². The Labute approximate surface area is 645 Å². The molecule has 452 valence electrons. The fourth-order valence-corrected chi connectivity index (χ4v) is 12.8. The smallest absolute Gasteiger partial charge is 0.754 e. The number of benzene rings is 6. The molecule has 3 N–H and O–H groups in total. The van der Waals surface area contributed by atoms with Crippen molar-refractivity contribution >= 4 is 81.3 Å². The zero-order valence-electron chi connectivity index (χ0n) is 52.0. The van der Waals surface area contributed by atoms with E-state index in [1.807, 2.05) is 118 Å². The van der Waals surface area contributed by atoms with E-state index in [1.54, 1.807) is 24.7 Å². The summed E-state index contributed by atoms with van der Waals surface area (Å²) < 4.78 is 107. The van der Waals surface area contributed by atoms with Crippen molar-refractivity contribution in [1.82, 2.24) is 15.9 Å². The molecule has 0 radical (unpaired) electrons. The van der Waals surface area contributed by atoms with Crippen molar-refractivity contribution in [2.24, 2.45) is 0 Å². The van der Waals surface area contributed by atoms with Gasteiger partial charge in [-0.1, -0.05) is 80.6 Å². The van der Waals surface area contributed by atoms with Crippen molar-refractivity contribution in [3.63, 3.8) is 0 Å². The number of carbonyl (C=O) groups is 2. The summed E-state index contributed by atoms with van der Waals surface area (Å²) >= 11 is 0. The first-order valence-electron chi connectivity index (χ1n) is 27.7. The maximum absolute atomic E-state index is 13.3. The number of likely N-dealkylation sites (N-methyl/N-ethyl adjacent to an activating group) is 1. The van der Waals surface area contributed by atoms with Gasteiger partial charge in [0, 0.05) is 54.9 Å². The van der Waals surface area contributed by atoms with Crippen LogP contribution >= 0.6 is 0 Å². The molecule has 88 heavy (non-hydrogen) atoms. The summed E-state index contributed by atoms with van der Waals surface area (Å²) in [6, 6.07) is 31.0. The molecule has 0 aliphatic carbocycles. The quantitative estimate of drug-likeness (QED) is 0.0116. The Balaban J connectivity index is 0.00000229. The molecule has 2 aliphatic heterocycles. The number of hydroxylamine groups is 3. The van der Waals surface area contributed by atoms with Gasteiger partial charge >= 0.3 is 165 Å². The summed E-state index contributed by atoms with van der Waals surface area (Å²) in [6.45, 7) is 17.5. The Hall–Kier alpha value is -2.50. The molecule has 0 saturated carbocycles. The number of hydrogen-bond acceptors (Lipinski definition) is 16. The minimum absolute atomic E-state index is 0. The number of hydrogen-bond donors (Lipinski definition) is 3. The average Bonchev–Trinajstić information content (AvgIpc) is 1.55. The van der Waals surface area contributed by atoms with Crippen molar-refractivity contribution < 1.29 is 222 Å². The molecule has 8 rings (SSSR count). The second-order valence-electron chi connectivity index (χ2n) is 22.1. The first-order chi connectivity index (χ1) is 40.1. The number of allylic oxidation sites excluding steroid dienone is 6. The van der Waals surface area contributed by atoms with Crippen LogP contribution in [0, 0.1) is 13.0 Å². The van der Waals surface area contributed by atoms with Gasteiger partial charge in [0.05, 0.1) is 40.2 Å². The minimum atomic E-state index is -4.81. The normalized spacial score (nSPS) is 14.9. The van der Waals surface area contributed by atoms with Crippen molar-refractivity contribution in [3.8, 4) is 16.9 Å². The van der Waals surface area contributed by atoms with Gasteiger partial charge in [-0.3, -0.25) is 28.1 Å². The zero-order valence-corrected chi connectivity index (χ0v) is 63.8. The molecule has 1 atom stereocenters. The van der Waals surface area contributed by atoms with Gasteiger partial charge < -0.3 is 24.1 Å². The monoisotopic (exact) mass is 1330 g/mol. The third-order valence-corrected chi connectivity index (χ3v) is 17.1. The molecule has 0 aromatic heterocycles. The maximum atomic E-state index is 13.3. The standard InChI is InChI=1S/C63H73N5O11S2.3K.O3S/c1-10-66-52-33-31-48-42(4)38-47(80(72,73)74)39-51(48)60(52)62(5,6)56(66)20-13-11-14-21-57-63(7,8)59-50-18-17-19-55(81(75,76)77)49(50)32-34-53(59)67(57)37-16-12-15-22-58(69)64-36-35-54(61(70)65-71)68(79-41(2)3)40-43-23-25-44(26-24-43)45-27-29-46(78-9)30-28-45;;;;1-4(2)3/h11,13-14,18-21,23-34,38-39,41,54,71H,10,12,15-16,22,35-37,40H2,1-9H3,(H,64,69)(H,65,70)(H,72,73,74)(H,75,76,77);;;;/q;3*+1;/p-2/t54-;;;;/m1..../s1. The molecule has 0 spiro atoms. The van der Waals surface area contributed by atoms with Crippen LogP contribution in [0.5, 0.6) is 5.75 Å². The van der Waals surface area contributed by atoms with Crippen LogP contribution in [0.1, 0.15) is 103 Å². The summed E-state index contributed by atoms with van der Waals surface area (Å²) in [6.07, 6.45) is 12.0. The van der Waals surface area contributed by atoms with Crippen molar-refractivity contribution in [2.75, 3.05) is 31.6 Å². The minimum Gasteiger partial charge on any atom is -0.754 e. The van der Waals surface area contributed by atoms with Gasteiger partial charge in [-0.05, 0) is 146 Å². The molecule has 0 unspecified atom stereocenters. The third-order valence-electron chi connectivity index (χ3n) is 15.4. The topological polar surface area (TPSA) is 272 Å². The van der Waals surface area contributed by atoms with Crippen molar-refractivity contribution in [3.05, 3.63) is 161 Å². The fourth-order valence-electron chi connectivity index (χ4n) is 11.6. The van der Waals surface area contributed by atoms with E-state index < -0.39 is 53.6 Å². The van der Waals surface area contributed by atoms with Crippen LogP contribution in [0.3, 0.4) is 0 Å². The van der Waals surface area contributed by atoms with E-state index in [0.29, 0.717) is 48.7 Å². The van der Waals surface area contributed by atoms with E-state index in [9.17, 15) is 40.7 Å². The van der Waals surface area contributed by atoms with Crippen LogP contribution in [0.4, 0.5) is 11.4 Å². The largest absolute Gasteiger partial charge is 1.00 e. The van der Waals surface area contributed by atoms with Gasteiger partial charge in [0.15, 0.2) is 11.4 Å². The Morgan fingerprint density at radius 2 is 1.43 bits per heavy atom. The molecule has 2 amide bonds. The Kier molecular flexibility index (Phi) is 30.2. The van der Waals surface area contributed by atoms with Crippen molar-refractivity contribution in [1.29, 1.82) is 0 Å². The molecule has 25 heteroatoms. The molecular weight excluding hydrogens is 1260 g/mol. The van der Waals surface area contributed by atoms with E-state index in [2.05, 4.69) is 55.5 Å². The van der Waals surface area contributed by atoms with E-state index in [1.165, 1.54) is 23.3 Å². The van der Waals surface area contributed by atoms with E-state index >= 15 is 0 Å². The number of anilines is 1. The van der Waals surface area contributed by atoms with Gasteiger partial charge in [0.2, 0.25) is 5.91 Å². The number of amides is 2. The Morgan fingerprint density at radius 3 is 2.02 bits per heavy atom. The number of nitrogens with one attached hydrogen (secondary N) is 2. The number of aryl methyl sites for hydroxylation is 1. The number of carbonyl (C=O) groups excluding carboxylic acids is 2. The summed E-state index contributed by atoms with van der Waals surface area (Å²) in [7, 11) is -11.0. The molecule has 2 aliphatic rings. The predicted molar refractivity (Wildman–Crippen MR) is 322 cm³/mol. The van der Waals surface area contributed by atoms with Crippen molar-refractivity contribution in [2.45, 2.75) is 127 Å². The van der Waals surface area contributed by atoms with Gasteiger partial charge in [-0.2, -0.15) is 27.8 Å². The van der Waals surface area contributed by atoms with Crippen LogP contribution in [-0.4, -0.2) is 110 Å². The predicted octanol–water partition coefficient (Wildman–Crippen LogP) is 0.566. The van der Waals surface area contributed by atoms with Crippen LogP contribution in [0.2, 0.25) is 0 Å². The first kappa shape index (κ1) is 77.9. The number of ether oxygens (including phenoxy) is 1. The number of fused-ring (bicyclic) bond motifs is 6. The van der Waals surface area contributed by atoms with Gasteiger partial charge in [-0.25, -0.2) is 13.9 Å². The maximum Gasteiger partial charge on any atom is 1.00 e. The van der Waals surface area contributed by atoms with Gasteiger partial charge in [0.1, 0.15) is 28.5 Å². The second-order valence-corrected chi connectivity index (χ2v) is 25.2. The van der Waals surface area contributed by atoms with Crippen LogP contribution in [0.15, 0.2) is 143 Å². The number of methoxy groups -OCH3 is 1. The van der Waals surface area contributed by atoms with Crippen LogP contribution in [-0.2, 0) is 62.6 Å². The Morgan fingerprint density at radius 1 is 0.795 bits per heavy atom. The van der Waals surface area contributed by atoms with Crippen LogP contribution < -0.4 is 175 Å². The molecule has 6 aromatic carbocycles. The van der Waals surface area contributed by atoms with Gasteiger partial charge in [-0.15, -0.1) is 23.4 Å². The Bertz CT molecular complexity index is 3980. The van der Waals surface area contributed by atoms with E-state index in [-0.39, 0.29) is 202 Å². The SMILES string of the molecule is CCN1C(=CC=CC=CC2=[N+](CCCCCC(=O)NCC[C@H](C(=O)NO)N(Cc3ccc(-c4ccc(OC)cc4)cc3)OC(C)C)c3ccc4c(S(=O)(=O)[O-])c[c-]cc4c3C2(C)C)C(C)(C)c2c1ccc1c(C)cc(S(=O)(=O)[O-])cc21.O=S(=O)=O.[K+].[K+].[K+]. The summed E-state index contributed by atoms with van der Waals surface area (Å²) in [5, 5.41) is 16.8. The molecule has 6 aromatic rings. The summed E-state index contributed by atoms with van der Waals surface area (Å²) in [5.41, 5.74) is 9.70. The number of unbranched alkanes of at least 4 members (excludes halogenated alkanes) is 2. The zero-order chi connectivity index (χ0) is 62.2. The van der Waals surface area contributed by atoms with Crippen LogP contribution in [0.25, 0.3) is 32.7 Å². The molecule has 0 bridgehead atoms. The fraction of sp³-hybridized carbons (Fsp3) is 0.349. The molecule has 2 heterocycles. The summed E-state index contributed by atoms with van der Waals surface area (Å²) in [4.78, 5) is 34.1. The molecule has 0 saturated heterocycles. The first-order valence-corrected chi connectivity index (χ1v) is 31.5. The third kappa shape index (κ3) is 18.9.